The molecular formula is C13H20N2O4S2. The molecule has 2 atom stereocenters. The Hall–Kier alpha value is -0.800. The highest BCUT2D eigenvalue weighted by atomic mass is 32.2. The first kappa shape index (κ1) is 16.6. The summed E-state index contributed by atoms with van der Waals surface area (Å²) >= 11 is 0. The second-order valence-corrected chi connectivity index (χ2v) is 7.96. The molecule has 0 spiro atoms. The van der Waals surface area contributed by atoms with Gasteiger partial charge in [-0.15, -0.1) is 0 Å². The molecule has 1 fully saturated rings. The maximum absolute atomic E-state index is 12.3. The van der Waals surface area contributed by atoms with Crippen LogP contribution in [0.4, 0.5) is 0 Å². The van der Waals surface area contributed by atoms with Gasteiger partial charge < -0.3 is 4.74 Å². The van der Waals surface area contributed by atoms with Gasteiger partial charge in [0, 0.05) is 41.1 Å². The highest BCUT2D eigenvalue weighted by molar-refractivity contribution is 7.87. The average Bonchev–Trinajstić information content (AvgIpc) is 2.48. The van der Waals surface area contributed by atoms with Crippen LogP contribution < -0.4 is 4.72 Å². The number of benzene rings is 1. The van der Waals surface area contributed by atoms with Gasteiger partial charge in [0.25, 0.3) is 10.2 Å². The van der Waals surface area contributed by atoms with Gasteiger partial charge in [-0.3, -0.25) is 4.21 Å². The van der Waals surface area contributed by atoms with Crippen molar-refractivity contribution in [1.82, 2.24) is 9.03 Å². The molecule has 1 aliphatic rings. The third kappa shape index (κ3) is 4.33. The molecule has 0 saturated carbocycles. The lowest BCUT2D eigenvalue weighted by molar-refractivity contribution is 0.0723. The number of rotatable bonds is 5. The SMILES string of the molecule is C[C@H](NS(=O)(=O)N1CCOCC1)c1ccc([S@@](C)=O)cc1. The molecule has 1 aromatic carbocycles. The zero-order valence-electron chi connectivity index (χ0n) is 12.1. The fourth-order valence-electron chi connectivity index (χ4n) is 2.10. The van der Waals surface area contributed by atoms with E-state index < -0.39 is 21.0 Å². The van der Waals surface area contributed by atoms with E-state index in [4.69, 9.17) is 4.74 Å². The Morgan fingerprint density at radius 2 is 1.81 bits per heavy atom. The predicted octanol–water partition coefficient (Wildman–Crippen LogP) is 0.652. The molecule has 6 nitrogen and oxygen atoms in total. The maximum atomic E-state index is 12.3. The molecule has 0 aliphatic carbocycles. The lowest BCUT2D eigenvalue weighted by atomic mass is 10.1. The summed E-state index contributed by atoms with van der Waals surface area (Å²) in [6.45, 7) is 3.38. The molecule has 1 aromatic rings. The summed E-state index contributed by atoms with van der Waals surface area (Å²) < 4.78 is 45.1. The van der Waals surface area contributed by atoms with Crippen LogP contribution in [0, 0.1) is 0 Å². The summed E-state index contributed by atoms with van der Waals surface area (Å²) in [5.74, 6) is 0. The van der Waals surface area contributed by atoms with Gasteiger partial charge in [-0.2, -0.15) is 17.4 Å². The number of morpholine rings is 1. The fraction of sp³-hybridized carbons (Fsp3) is 0.538. The monoisotopic (exact) mass is 332 g/mol. The van der Waals surface area contributed by atoms with E-state index in [-0.39, 0.29) is 6.04 Å². The van der Waals surface area contributed by atoms with Crippen LogP contribution >= 0.6 is 0 Å². The Morgan fingerprint density at radius 3 is 2.33 bits per heavy atom. The first-order valence-corrected chi connectivity index (χ1v) is 9.68. The first-order chi connectivity index (χ1) is 9.90. The maximum Gasteiger partial charge on any atom is 0.280 e. The van der Waals surface area contributed by atoms with E-state index in [9.17, 15) is 12.6 Å². The normalized spacial score (nSPS) is 20.1. The van der Waals surface area contributed by atoms with Gasteiger partial charge >= 0.3 is 0 Å². The summed E-state index contributed by atoms with van der Waals surface area (Å²) in [5.41, 5.74) is 0.834. The number of hydrogen-bond donors (Lipinski definition) is 1. The van der Waals surface area contributed by atoms with Crippen molar-refractivity contribution in [2.75, 3.05) is 32.6 Å². The van der Waals surface area contributed by atoms with E-state index in [1.807, 2.05) is 0 Å². The van der Waals surface area contributed by atoms with Crippen molar-refractivity contribution in [3.05, 3.63) is 29.8 Å². The van der Waals surface area contributed by atoms with E-state index in [2.05, 4.69) is 4.72 Å². The van der Waals surface area contributed by atoms with Crippen molar-refractivity contribution in [3.8, 4) is 0 Å². The minimum absolute atomic E-state index is 0.350. The molecule has 1 aliphatic heterocycles. The summed E-state index contributed by atoms with van der Waals surface area (Å²) in [6, 6.07) is 6.75. The molecule has 1 N–H and O–H groups in total. The number of hydrogen-bond acceptors (Lipinski definition) is 4. The van der Waals surface area contributed by atoms with Crippen LogP contribution in [-0.2, 0) is 25.7 Å². The molecule has 1 heterocycles. The molecule has 0 bridgehead atoms. The van der Waals surface area contributed by atoms with Crippen molar-refractivity contribution in [1.29, 1.82) is 0 Å². The van der Waals surface area contributed by atoms with Gasteiger partial charge in [-0.05, 0) is 24.6 Å². The highest BCUT2D eigenvalue weighted by Gasteiger charge is 2.26. The van der Waals surface area contributed by atoms with Crippen molar-refractivity contribution >= 4 is 21.0 Å². The van der Waals surface area contributed by atoms with Crippen LogP contribution in [0.25, 0.3) is 0 Å². The largest absolute Gasteiger partial charge is 0.379 e. The molecule has 118 valence electrons. The molecule has 0 unspecified atom stereocenters. The molecule has 8 heteroatoms. The Bertz CT molecular complexity index is 595. The predicted molar refractivity (Wildman–Crippen MR) is 81.6 cm³/mol. The molecule has 0 radical (unpaired) electrons. The summed E-state index contributed by atoms with van der Waals surface area (Å²) in [7, 11) is -4.55. The highest BCUT2D eigenvalue weighted by Crippen LogP contribution is 2.17. The smallest absolute Gasteiger partial charge is 0.280 e. The standard InChI is InChI=1S/C13H20N2O4S2/c1-11(12-3-5-13(6-4-12)20(2)16)14-21(17,18)15-7-9-19-10-8-15/h3-6,11,14H,7-10H2,1-2H3/t11-,20+/m0/s1. The fourth-order valence-corrected chi connectivity index (χ4v) is 3.98. The van der Waals surface area contributed by atoms with E-state index in [0.717, 1.165) is 10.5 Å². The summed E-state index contributed by atoms with van der Waals surface area (Å²) in [5, 5.41) is 0. The van der Waals surface area contributed by atoms with Crippen LogP contribution in [0.3, 0.4) is 0 Å². The van der Waals surface area contributed by atoms with Gasteiger partial charge in [0.1, 0.15) is 0 Å². The van der Waals surface area contributed by atoms with Gasteiger partial charge in [-0.1, -0.05) is 12.1 Å². The molecule has 0 amide bonds. The number of nitrogens with zero attached hydrogens (tertiary/aromatic N) is 1. The van der Waals surface area contributed by atoms with Crippen molar-refractivity contribution in [2.24, 2.45) is 0 Å². The topological polar surface area (TPSA) is 75.7 Å². The van der Waals surface area contributed by atoms with Gasteiger partial charge in [0.2, 0.25) is 0 Å². The lowest BCUT2D eigenvalue weighted by Crippen LogP contribution is -2.47. The van der Waals surface area contributed by atoms with E-state index in [1.165, 1.54) is 4.31 Å². The third-order valence-electron chi connectivity index (χ3n) is 3.35. The molecule has 0 aromatic heterocycles. The second kappa shape index (κ2) is 6.97. The zero-order chi connectivity index (χ0) is 15.5. The van der Waals surface area contributed by atoms with Crippen LogP contribution in [0.2, 0.25) is 0 Å². The number of nitrogens with one attached hydrogen (secondary N) is 1. The van der Waals surface area contributed by atoms with Crippen LogP contribution in [-0.4, -0.2) is 49.5 Å². The summed E-state index contributed by atoms with van der Waals surface area (Å²) in [6.07, 6.45) is 1.61. The quantitative estimate of drug-likeness (QED) is 0.859. The van der Waals surface area contributed by atoms with Crippen LogP contribution in [0.15, 0.2) is 29.2 Å². The lowest BCUT2D eigenvalue weighted by Gasteiger charge is -2.27. The van der Waals surface area contributed by atoms with E-state index >= 15 is 0 Å². The minimum Gasteiger partial charge on any atom is -0.379 e. The van der Waals surface area contributed by atoms with Crippen LogP contribution in [0.1, 0.15) is 18.5 Å². The molecule has 21 heavy (non-hydrogen) atoms. The Kier molecular flexibility index (Phi) is 5.50. The number of ether oxygens (including phenoxy) is 1. The Balaban J connectivity index is 2.05. The van der Waals surface area contributed by atoms with Crippen molar-refractivity contribution in [2.45, 2.75) is 17.9 Å². The Labute approximate surface area is 128 Å². The van der Waals surface area contributed by atoms with Crippen molar-refractivity contribution < 1.29 is 17.4 Å². The molecule has 2 rings (SSSR count). The second-order valence-electron chi connectivity index (χ2n) is 4.88. The first-order valence-electron chi connectivity index (χ1n) is 6.68. The minimum atomic E-state index is -3.51. The Morgan fingerprint density at radius 1 is 1.24 bits per heavy atom. The van der Waals surface area contributed by atoms with Gasteiger partial charge in [0.05, 0.1) is 13.2 Å². The van der Waals surface area contributed by atoms with E-state index in [0.29, 0.717) is 26.3 Å². The average molecular weight is 332 g/mol. The van der Waals surface area contributed by atoms with Gasteiger partial charge in [0.15, 0.2) is 0 Å². The van der Waals surface area contributed by atoms with Crippen LogP contribution in [0.5, 0.6) is 0 Å². The molecular weight excluding hydrogens is 312 g/mol. The van der Waals surface area contributed by atoms with E-state index in [1.54, 1.807) is 37.4 Å². The van der Waals surface area contributed by atoms with Crippen molar-refractivity contribution in [3.63, 3.8) is 0 Å². The summed E-state index contributed by atoms with van der Waals surface area (Å²) in [4.78, 5) is 0.724. The zero-order valence-corrected chi connectivity index (χ0v) is 13.7. The van der Waals surface area contributed by atoms with Gasteiger partial charge in [-0.25, -0.2) is 0 Å². The molecule has 1 saturated heterocycles. The third-order valence-corrected chi connectivity index (χ3v) is 5.98.